The van der Waals surface area contributed by atoms with Gasteiger partial charge in [0.05, 0.1) is 18.0 Å². The minimum atomic E-state index is -0.321. The molecule has 2 aromatic rings. The lowest BCUT2D eigenvalue weighted by Gasteiger charge is -2.41. The molecule has 36 heavy (non-hydrogen) atoms. The first-order chi connectivity index (χ1) is 17.4. The first-order valence-electron chi connectivity index (χ1n) is 13.3. The molecule has 0 aromatic heterocycles. The van der Waals surface area contributed by atoms with Crippen molar-refractivity contribution in [2.45, 2.75) is 51.5 Å². The molecule has 0 N–H and O–H groups in total. The molecule has 1 amide bonds. The van der Waals surface area contributed by atoms with Gasteiger partial charge in [-0.1, -0.05) is 26.0 Å². The molecule has 192 valence electrons. The Labute approximate surface area is 213 Å². The van der Waals surface area contributed by atoms with E-state index in [0.717, 1.165) is 51.1 Å². The fourth-order valence-electron chi connectivity index (χ4n) is 5.93. The summed E-state index contributed by atoms with van der Waals surface area (Å²) >= 11 is 0. The molecule has 3 heterocycles. The van der Waals surface area contributed by atoms with Crippen molar-refractivity contribution in [1.82, 2.24) is 4.90 Å². The van der Waals surface area contributed by atoms with Gasteiger partial charge in [-0.25, -0.2) is 9.18 Å². The van der Waals surface area contributed by atoms with Crippen molar-refractivity contribution in [3.63, 3.8) is 0 Å². The third kappa shape index (κ3) is 4.99. The number of nitrogens with zero attached hydrogens (tertiary/aromatic N) is 3. The lowest BCUT2D eigenvalue weighted by molar-refractivity contribution is 0.0971. The van der Waals surface area contributed by atoms with Crippen LogP contribution < -0.4 is 9.80 Å². The molecule has 5 rings (SSSR count). The summed E-state index contributed by atoms with van der Waals surface area (Å²) in [4.78, 5) is 32.1. The molecule has 0 saturated carbocycles. The Morgan fingerprint density at radius 3 is 2.67 bits per heavy atom. The van der Waals surface area contributed by atoms with Crippen LogP contribution in [-0.4, -0.2) is 62.1 Å². The fourth-order valence-corrected chi connectivity index (χ4v) is 5.93. The number of halogens is 1. The van der Waals surface area contributed by atoms with Crippen LogP contribution in [0.1, 0.15) is 61.4 Å². The topological polar surface area (TPSA) is 53.1 Å². The highest BCUT2D eigenvalue weighted by Crippen LogP contribution is 2.50. The van der Waals surface area contributed by atoms with Gasteiger partial charge in [0.1, 0.15) is 5.82 Å². The normalized spacial score (nSPS) is 20.9. The van der Waals surface area contributed by atoms with Gasteiger partial charge in [0, 0.05) is 50.1 Å². The Kier molecular flexibility index (Phi) is 7.28. The third-order valence-corrected chi connectivity index (χ3v) is 7.83. The number of hydrogen-bond donors (Lipinski definition) is 0. The molecule has 3 aliphatic heterocycles. The monoisotopic (exact) mass is 493 g/mol. The number of carbonyl (C=O) groups is 2. The zero-order chi connectivity index (χ0) is 25.2. The van der Waals surface area contributed by atoms with E-state index in [1.165, 1.54) is 23.4 Å². The number of para-hydroxylation sites is 1. The van der Waals surface area contributed by atoms with Crippen molar-refractivity contribution < 1.29 is 18.7 Å². The standard InChI is InChI=1S/C29H36FN3O3/c1-20(2)13-18-36-29(35)33-17-16-32-25-12-15-31(19-24(25)23-5-3-6-26(33)28(23)32)14-4-7-27(34)21-8-10-22(30)11-9-21/h3,5-6,8-11,20,24-25H,4,7,12-19H2,1-2H3/t24-,25-/m0/s1. The zero-order valence-electron chi connectivity index (χ0n) is 21.3. The highest BCUT2D eigenvalue weighted by molar-refractivity contribution is 5.96. The van der Waals surface area contributed by atoms with E-state index in [2.05, 4.69) is 35.8 Å². The second-order valence-corrected chi connectivity index (χ2v) is 10.7. The summed E-state index contributed by atoms with van der Waals surface area (Å²) in [6, 6.07) is 12.6. The molecular formula is C29H36FN3O3. The zero-order valence-corrected chi connectivity index (χ0v) is 21.3. The number of anilines is 2. The predicted octanol–water partition coefficient (Wildman–Crippen LogP) is 5.47. The van der Waals surface area contributed by atoms with Crippen LogP contribution in [0.4, 0.5) is 20.6 Å². The number of ketones is 1. The first-order valence-corrected chi connectivity index (χ1v) is 13.3. The van der Waals surface area contributed by atoms with Crippen molar-refractivity contribution >= 4 is 23.3 Å². The quantitative estimate of drug-likeness (QED) is 0.457. The van der Waals surface area contributed by atoms with Gasteiger partial charge in [-0.05, 0) is 67.6 Å². The number of rotatable bonds is 8. The summed E-state index contributed by atoms with van der Waals surface area (Å²) in [5, 5.41) is 0. The van der Waals surface area contributed by atoms with Crippen LogP contribution in [0.15, 0.2) is 42.5 Å². The SMILES string of the molecule is CC(C)CCOC(=O)N1CCN2c3c(cccc31)[C@@H]1CN(CCCC(=O)c3ccc(F)cc3)CC[C@@H]12. The van der Waals surface area contributed by atoms with Crippen molar-refractivity contribution in [1.29, 1.82) is 0 Å². The maximum Gasteiger partial charge on any atom is 0.414 e. The minimum absolute atomic E-state index is 0.0678. The smallest absolute Gasteiger partial charge is 0.414 e. The number of fused-ring (bicyclic) bond motifs is 3. The Morgan fingerprint density at radius 1 is 1.08 bits per heavy atom. The van der Waals surface area contributed by atoms with Crippen LogP contribution in [0.2, 0.25) is 0 Å². The number of Topliss-reactive ketones (excluding diaryl/α,β-unsaturated/α-hetero) is 1. The molecule has 2 aromatic carbocycles. The van der Waals surface area contributed by atoms with Gasteiger partial charge in [0.2, 0.25) is 0 Å². The van der Waals surface area contributed by atoms with E-state index >= 15 is 0 Å². The molecule has 1 fully saturated rings. The number of piperidine rings is 1. The first kappa shape index (κ1) is 24.8. The van der Waals surface area contributed by atoms with E-state index in [-0.39, 0.29) is 17.7 Å². The molecule has 0 radical (unpaired) electrons. The highest BCUT2D eigenvalue weighted by Gasteiger charge is 2.45. The number of likely N-dealkylation sites (tertiary alicyclic amines) is 1. The van der Waals surface area contributed by atoms with Gasteiger partial charge in [-0.15, -0.1) is 0 Å². The van der Waals surface area contributed by atoms with E-state index in [4.69, 9.17) is 4.74 Å². The maximum absolute atomic E-state index is 13.1. The molecule has 6 nitrogen and oxygen atoms in total. The van der Waals surface area contributed by atoms with E-state index in [1.54, 1.807) is 12.1 Å². The van der Waals surface area contributed by atoms with Crippen LogP contribution >= 0.6 is 0 Å². The number of carbonyl (C=O) groups excluding carboxylic acids is 2. The van der Waals surface area contributed by atoms with Crippen LogP contribution in [0, 0.1) is 11.7 Å². The van der Waals surface area contributed by atoms with Gasteiger partial charge < -0.3 is 14.5 Å². The van der Waals surface area contributed by atoms with Crippen LogP contribution in [-0.2, 0) is 4.74 Å². The molecule has 0 unspecified atom stereocenters. The van der Waals surface area contributed by atoms with E-state index < -0.39 is 0 Å². The Balaban J connectivity index is 1.22. The van der Waals surface area contributed by atoms with E-state index in [0.29, 0.717) is 43.0 Å². The largest absolute Gasteiger partial charge is 0.449 e. The molecule has 7 heteroatoms. The second kappa shape index (κ2) is 10.6. The summed E-state index contributed by atoms with van der Waals surface area (Å²) in [7, 11) is 0. The van der Waals surface area contributed by atoms with Crippen molar-refractivity contribution in [3.05, 3.63) is 59.4 Å². The summed E-state index contributed by atoms with van der Waals surface area (Å²) < 4.78 is 18.7. The molecular weight excluding hydrogens is 457 g/mol. The average Bonchev–Trinajstić information content (AvgIpc) is 3.19. The number of benzene rings is 2. The van der Waals surface area contributed by atoms with Crippen molar-refractivity contribution in [2.75, 3.05) is 49.1 Å². The highest BCUT2D eigenvalue weighted by atomic mass is 19.1. The van der Waals surface area contributed by atoms with Gasteiger partial charge >= 0.3 is 6.09 Å². The van der Waals surface area contributed by atoms with Crippen LogP contribution in [0.5, 0.6) is 0 Å². The number of amides is 1. The number of hydrogen-bond acceptors (Lipinski definition) is 5. The summed E-state index contributed by atoms with van der Waals surface area (Å²) in [5.74, 6) is 0.651. The fraction of sp³-hybridized carbons (Fsp3) is 0.517. The van der Waals surface area contributed by atoms with Crippen molar-refractivity contribution in [2.24, 2.45) is 5.92 Å². The third-order valence-electron chi connectivity index (χ3n) is 7.83. The summed E-state index contributed by atoms with van der Waals surface area (Å²) in [5.41, 5.74) is 4.07. The van der Waals surface area contributed by atoms with Crippen molar-refractivity contribution in [3.8, 4) is 0 Å². The molecule has 2 atom stereocenters. The second-order valence-electron chi connectivity index (χ2n) is 10.7. The number of ether oxygens (including phenoxy) is 1. The van der Waals surface area contributed by atoms with Gasteiger partial charge in [0.15, 0.2) is 5.78 Å². The van der Waals surface area contributed by atoms with E-state index in [9.17, 15) is 14.0 Å². The molecule has 0 bridgehead atoms. The Morgan fingerprint density at radius 2 is 1.89 bits per heavy atom. The maximum atomic E-state index is 13.1. The Hall–Kier alpha value is -2.93. The predicted molar refractivity (Wildman–Crippen MR) is 139 cm³/mol. The summed E-state index contributed by atoms with van der Waals surface area (Å²) in [6.45, 7) is 9.03. The van der Waals surface area contributed by atoms with Gasteiger partial charge in [0.25, 0.3) is 0 Å². The van der Waals surface area contributed by atoms with Gasteiger partial charge in [-0.2, -0.15) is 0 Å². The lowest BCUT2D eigenvalue weighted by atomic mass is 9.89. The van der Waals surface area contributed by atoms with Crippen LogP contribution in [0.3, 0.4) is 0 Å². The van der Waals surface area contributed by atoms with Gasteiger partial charge in [-0.3, -0.25) is 9.69 Å². The Bertz CT molecular complexity index is 1100. The van der Waals surface area contributed by atoms with Crippen LogP contribution in [0.25, 0.3) is 0 Å². The molecule has 0 spiro atoms. The summed E-state index contributed by atoms with van der Waals surface area (Å²) in [6.07, 6.45) is 2.96. The molecule has 3 aliphatic rings. The molecule has 1 saturated heterocycles. The van der Waals surface area contributed by atoms with E-state index in [1.807, 2.05) is 11.0 Å². The minimum Gasteiger partial charge on any atom is -0.449 e. The molecule has 0 aliphatic carbocycles. The average molecular weight is 494 g/mol. The lowest BCUT2D eigenvalue weighted by Crippen LogP contribution is -2.50.